The maximum absolute atomic E-state index is 12.3. The summed E-state index contributed by atoms with van der Waals surface area (Å²) in [6, 6.07) is 0. The molecule has 2 rings (SSSR count). The van der Waals surface area contributed by atoms with Crippen LogP contribution >= 0.6 is 0 Å². The number of β-amino-alcohol motifs (C(OH)–C–C–N with tert-alkyl or cyclic N) is 1. The van der Waals surface area contributed by atoms with Crippen LogP contribution in [0.25, 0.3) is 0 Å². The van der Waals surface area contributed by atoms with Gasteiger partial charge in [-0.05, 0) is 12.8 Å². The van der Waals surface area contributed by atoms with Gasteiger partial charge in [0.1, 0.15) is 5.25 Å². The Morgan fingerprint density at radius 3 is 2.42 bits per heavy atom. The molecule has 0 bridgehead atoms. The van der Waals surface area contributed by atoms with Gasteiger partial charge in [0.05, 0.1) is 12.4 Å². The predicted octanol–water partition coefficient (Wildman–Crippen LogP) is -0.910. The van der Waals surface area contributed by atoms with Gasteiger partial charge in [-0.3, -0.25) is 9.69 Å². The van der Waals surface area contributed by atoms with E-state index in [1.165, 1.54) is 0 Å². The van der Waals surface area contributed by atoms with Gasteiger partial charge in [-0.1, -0.05) is 6.42 Å². The molecule has 7 heteroatoms. The van der Waals surface area contributed by atoms with Crippen molar-refractivity contribution in [1.29, 1.82) is 0 Å². The summed E-state index contributed by atoms with van der Waals surface area (Å²) in [5.41, 5.74) is 0. The van der Waals surface area contributed by atoms with Crippen LogP contribution in [0.2, 0.25) is 0 Å². The molecule has 2 fully saturated rings. The summed E-state index contributed by atoms with van der Waals surface area (Å²) in [5.74, 6) is -0.0724. The third-order valence-electron chi connectivity index (χ3n) is 3.95. The largest absolute Gasteiger partial charge is 0.395 e. The van der Waals surface area contributed by atoms with Crippen molar-refractivity contribution in [2.45, 2.75) is 24.5 Å². The van der Waals surface area contributed by atoms with E-state index in [-0.39, 0.29) is 18.3 Å². The Kier molecular flexibility index (Phi) is 4.81. The molecule has 0 aromatic carbocycles. The van der Waals surface area contributed by atoms with Gasteiger partial charge in [0.25, 0.3) is 0 Å². The highest BCUT2D eigenvalue weighted by Crippen LogP contribution is 2.22. The van der Waals surface area contributed by atoms with Crippen molar-refractivity contribution in [3.05, 3.63) is 0 Å². The summed E-state index contributed by atoms with van der Waals surface area (Å²) in [6.07, 6.45) is 1.97. The van der Waals surface area contributed by atoms with Crippen LogP contribution in [0.1, 0.15) is 19.3 Å². The van der Waals surface area contributed by atoms with Crippen LogP contribution in [-0.2, 0) is 14.6 Å². The lowest BCUT2D eigenvalue weighted by Crippen LogP contribution is -2.53. The average molecular weight is 290 g/mol. The van der Waals surface area contributed by atoms with Crippen LogP contribution < -0.4 is 0 Å². The Morgan fingerprint density at radius 1 is 1.16 bits per heavy atom. The highest BCUT2D eigenvalue weighted by atomic mass is 32.2. The number of rotatable bonds is 3. The summed E-state index contributed by atoms with van der Waals surface area (Å²) >= 11 is 0. The zero-order valence-corrected chi connectivity index (χ0v) is 11.9. The maximum Gasteiger partial charge on any atom is 0.240 e. The van der Waals surface area contributed by atoms with E-state index in [4.69, 9.17) is 5.11 Å². The number of carbonyl (C=O) groups excluding carboxylic acids is 1. The van der Waals surface area contributed by atoms with Crippen molar-refractivity contribution in [1.82, 2.24) is 9.80 Å². The average Bonchev–Trinajstić information content (AvgIpc) is 2.39. The SMILES string of the molecule is O=C(C1CCCCS1(=O)=O)N1CCN(CCO)CC1. The minimum Gasteiger partial charge on any atom is -0.395 e. The van der Waals surface area contributed by atoms with Crippen LogP contribution in [0.5, 0.6) is 0 Å². The monoisotopic (exact) mass is 290 g/mol. The number of hydrogen-bond donors (Lipinski definition) is 1. The second kappa shape index (κ2) is 6.19. The van der Waals surface area contributed by atoms with Crippen molar-refractivity contribution >= 4 is 15.7 Å². The molecule has 2 aliphatic heterocycles. The lowest BCUT2D eigenvalue weighted by molar-refractivity contribution is -0.132. The van der Waals surface area contributed by atoms with Gasteiger partial charge in [-0.15, -0.1) is 0 Å². The van der Waals surface area contributed by atoms with E-state index in [2.05, 4.69) is 4.90 Å². The first-order valence-electron chi connectivity index (χ1n) is 6.88. The summed E-state index contributed by atoms with van der Waals surface area (Å²) in [4.78, 5) is 16.1. The van der Waals surface area contributed by atoms with Gasteiger partial charge in [-0.2, -0.15) is 0 Å². The quantitative estimate of drug-likeness (QED) is 0.728. The molecule has 1 unspecified atom stereocenters. The van der Waals surface area contributed by atoms with Gasteiger partial charge < -0.3 is 10.0 Å². The number of hydrogen-bond acceptors (Lipinski definition) is 5. The number of amides is 1. The third kappa shape index (κ3) is 3.46. The number of aliphatic hydroxyl groups is 1. The molecular formula is C12H22N2O4S. The van der Waals surface area contributed by atoms with Crippen molar-refractivity contribution in [2.24, 2.45) is 0 Å². The molecule has 0 aliphatic carbocycles. The lowest BCUT2D eigenvalue weighted by Gasteiger charge is -2.36. The van der Waals surface area contributed by atoms with E-state index in [1.54, 1.807) is 4.90 Å². The Hall–Kier alpha value is -0.660. The van der Waals surface area contributed by atoms with E-state index in [9.17, 15) is 13.2 Å². The van der Waals surface area contributed by atoms with Crippen molar-refractivity contribution < 1.29 is 18.3 Å². The second-order valence-electron chi connectivity index (χ2n) is 5.24. The molecule has 6 nitrogen and oxygen atoms in total. The molecule has 2 aliphatic rings. The molecule has 1 N–H and O–H groups in total. The molecule has 2 saturated heterocycles. The molecule has 0 aromatic rings. The number of sulfone groups is 1. The van der Waals surface area contributed by atoms with Crippen molar-refractivity contribution in [3.8, 4) is 0 Å². The molecule has 110 valence electrons. The molecule has 2 heterocycles. The predicted molar refractivity (Wildman–Crippen MR) is 71.5 cm³/mol. The number of aliphatic hydroxyl groups excluding tert-OH is 1. The van der Waals surface area contributed by atoms with Gasteiger partial charge >= 0.3 is 0 Å². The number of piperazine rings is 1. The Labute approximate surface area is 114 Å². The van der Waals surface area contributed by atoms with Crippen LogP contribution in [0.4, 0.5) is 0 Å². The maximum atomic E-state index is 12.3. The topological polar surface area (TPSA) is 77.9 Å². The van der Waals surface area contributed by atoms with Gasteiger partial charge in [0, 0.05) is 32.7 Å². The van der Waals surface area contributed by atoms with E-state index in [1.807, 2.05) is 0 Å². The fourth-order valence-electron chi connectivity index (χ4n) is 2.77. The smallest absolute Gasteiger partial charge is 0.240 e. The molecule has 1 amide bonds. The molecule has 1 atom stereocenters. The molecule has 19 heavy (non-hydrogen) atoms. The number of carbonyl (C=O) groups is 1. The highest BCUT2D eigenvalue weighted by molar-refractivity contribution is 7.92. The zero-order chi connectivity index (χ0) is 13.9. The summed E-state index contributed by atoms with van der Waals surface area (Å²) < 4.78 is 23.9. The van der Waals surface area contributed by atoms with Crippen LogP contribution in [0.3, 0.4) is 0 Å². The van der Waals surface area contributed by atoms with Gasteiger partial charge in [0.15, 0.2) is 9.84 Å². The minimum atomic E-state index is -3.24. The minimum absolute atomic E-state index is 0.116. The molecule has 0 spiro atoms. The van der Waals surface area contributed by atoms with Gasteiger partial charge in [0.2, 0.25) is 5.91 Å². The fourth-order valence-corrected chi connectivity index (χ4v) is 4.64. The summed E-state index contributed by atoms with van der Waals surface area (Å²) in [6.45, 7) is 3.27. The summed E-state index contributed by atoms with van der Waals surface area (Å²) in [5, 5.41) is 8.05. The highest BCUT2D eigenvalue weighted by Gasteiger charge is 2.38. The Balaban J connectivity index is 1.94. The van der Waals surface area contributed by atoms with Crippen LogP contribution in [0.15, 0.2) is 0 Å². The molecule has 0 radical (unpaired) electrons. The first-order chi connectivity index (χ1) is 9.04. The molecule has 0 aromatic heterocycles. The second-order valence-corrected chi connectivity index (χ2v) is 7.54. The van der Waals surface area contributed by atoms with E-state index in [0.29, 0.717) is 45.6 Å². The molecular weight excluding hydrogens is 268 g/mol. The van der Waals surface area contributed by atoms with E-state index in [0.717, 1.165) is 6.42 Å². The normalized spacial score (nSPS) is 28.3. The summed E-state index contributed by atoms with van der Waals surface area (Å²) in [7, 11) is -3.24. The molecule has 0 saturated carbocycles. The first kappa shape index (κ1) is 14.7. The number of nitrogens with zero attached hydrogens (tertiary/aromatic N) is 2. The fraction of sp³-hybridized carbons (Fsp3) is 0.917. The standard InChI is InChI=1S/C12H22N2O4S/c15-9-8-13-4-6-14(7-5-13)12(16)11-3-1-2-10-19(11,17)18/h11,15H,1-10H2. The van der Waals surface area contributed by atoms with E-state index < -0.39 is 15.1 Å². The van der Waals surface area contributed by atoms with E-state index >= 15 is 0 Å². The van der Waals surface area contributed by atoms with Gasteiger partial charge in [-0.25, -0.2) is 8.42 Å². The van der Waals surface area contributed by atoms with Crippen LogP contribution in [0, 0.1) is 0 Å². The third-order valence-corrected chi connectivity index (χ3v) is 6.12. The zero-order valence-electron chi connectivity index (χ0n) is 11.1. The Bertz CT molecular complexity index is 415. The van der Waals surface area contributed by atoms with Crippen molar-refractivity contribution in [3.63, 3.8) is 0 Å². The first-order valence-corrected chi connectivity index (χ1v) is 8.60. The van der Waals surface area contributed by atoms with Crippen molar-refractivity contribution in [2.75, 3.05) is 45.1 Å². The Morgan fingerprint density at radius 2 is 1.84 bits per heavy atom. The van der Waals surface area contributed by atoms with Crippen LogP contribution in [-0.4, -0.2) is 79.6 Å². The lowest BCUT2D eigenvalue weighted by atomic mass is 10.1.